The van der Waals surface area contributed by atoms with Gasteiger partial charge in [-0.1, -0.05) is 175 Å². The van der Waals surface area contributed by atoms with Crippen LogP contribution < -0.4 is 4.90 Å². The lowest BCUT2D eigenvalue weighted by Gasteiger charge is -2.32. The van der Waals surface area contributed by atoms with E-state index >= 15 is 0 Å². The van der Waals surface area contributed by atoms with E-state index in [1.807, 2.05) is 12.4 Å². The van der Waals surface area contributed by atoms with Gasteiger partial charge in [-0.25, -0.2) is 0 Å². The van der Waals surface area contributed by atoms with E-state index in [1.54, 1.807) is 0 Å². The monoisotopic (exact) mass is 930 g/mol. The maximum Gasteiger partial charge on any atom is 0.0629 e. The lowest BCUT2D eigenvalue weighted by Crippen LogP contribution is -2.30. The largest absolute Gasteiger partial charge is 0.333 e. The molecular weight excluding hydrogens is 873 g/mol. The normalized spacial score (nSPS) is 15.7. The SMILES string of the molecule is Cc1ccc2c(c1)c1ccccc1n2-c1cc(-c2ccc(-c3cncc(-c4ccc(N5c6ccc(C(C)(C)C)cc6C6C=C(C(C)(C)C)C=CC65)cc4)c3)cc2)cc(-n2c3ccccc3c3ccccc32)c1. The summed E-state index contributed by atoms with van der Waals surface area (Å²) in [5, 5.41) is 5.02. The van der Waals surface area contributed by atoms with Crippen LogP contribution in [0, 0.1) is 12.3 Å². The smallest absolute Gasteiger partial charge is 0.0629 e. The van der Waals surface area contributed by atoms with Crippen LogP contribution in [0.4, 0.5) is 11.4 Å². The molecule has 11 aromatic rings. The molecule has 1 aliphatic carbocycles. The Labute approximate surface area is 422 Å². The van der Waals surface area contributed by atoms with Crippen molar-refractivity contribution in [3.63, 3.8) is 0 Å². The van der Waals surface area contributed by atoms with Crippen molar-refractivity contribution in [2.24, 2.45) is 5.41 Å². The first-order valence-corrected chi connectivity index (χ1v) is 25.5. The zero-order valence-corrected chi connectivity index (χ0v) is 42.2. The van der Waals surface area contributed by atoms with E-state index in [4.69, 9.17) is 4.98 Å². The van der Waals surface area contributed by atoms with Crippen LogP contribution in [-0.2, 0) is 5.41 Å². The molecule has 0 bridgehead atoms. The molecule has 3 aromatic heterocycles. The fraction of sp³-hybridized carbons (Fsp3) is 0.162. The molecule has 0 amide bonds. The van der Waals surface area contributed by atoms with Gasteiger partial charge >= 0.3 is 0 Å². The van der Waals surface area contributed by atoms with Gasteiger partial charge in [-0.05, 0) is 130 Å². The van der Waals surface area contributed by atoms with Crippen LogP contribution in [-0.4, -0.2) is 20.2 Å². The number of fused-ring (bicyclic) bond motifs is 9. The van der Waals surface area contributed by atoms with E-state index in [0.29, 0.717) is 5.92 Å². The molecule has 0 N–H and O–H groups in total. The molecule has 13 rings (SSSR count). The Kier molecular flexibility index (Phi) is 9.99. The van der Waals surface area contributed by atoms with Crippen molar-refractivity contribution in [2.45, 2.75) is 65.8 Å². The van der Waals surface area contributed by atoms with Gasteiger partial charge in [0.25, 0.3) is 0 Å². The van der Waals surface area contributed by atoms with Crippen molar-refractivity contribution in [1.29, 1.82) is 0 Å². The number of hydrogen-bond acceptors (Lipinski definition) is 2. The van der Waals surface area contributed by atoms with Gasteiger partial charge in [0, 0.05) is 73.7 Å². The Balaban J connectivity index is 0.860. The molecule has 0 saturated heterocycles. The number of allylic oxidation sites excluding steroid dienone is 2. The summed E-state index contributed by atoms with van der Waals surface area (Å²) in [5.41, 5.74) is 21.9. The summed E-state index contributed by atoms with van der Waals surface area (Å²) in [6.07, 6.45) is 11.3. The first-order valence-electron chi connectivity index (χ1n) is 25.5. The predicted octanol–water partition coefficient (Wildman–Crippen LogP) is 18.0. The van der Waals surface area contributed by atoms with Crippen molar-refractivity contribution in [2.75, 3.05) is 4.90 Å². The van der Waals surface area contributed by atoms with Crippen LogP contribution >= 0.6 is 0 Å². The van der Waals surface area contributed by atoms with Crippen LogP contribution in [0.2, 0.25) is 0 Å². The first-order chi connectivity index (χ1) is 34.9. The molecule has 4 nitrogen and oxygen atoms in total. The van der Waals surface area contributed by atoms with Crippen molar-refractivity contribution < 1.29 is 0 Å². The third kappa shape index (κ3) is 7.22. The van der Waals surface area contributed by atoms with Crippen molar-refractivity contribution in [1.82, 2.24) is 14.1 Å². The molecular formula is C68H58N4. The summed E-state index contributed by atoms with van der Waals surface area (Å²) in [6.45, 7) is 16.1. The minimum Gasteiger partial charge on any atom is -0.333 e. The van der Waals surface area contributed by atoms with Crippen LogP contribution in [0.3, 0.4) is 0 Å². The predicted molar refractivity (Wildman–Crippen MR) is 304 cm³/mol. The molecule has 4 heterocycles. The standard InChI is InChI=1S/C68H58N4/c1-43-20-31-64-58(34-43)57-16-10-13-19-63(57)72(64)54-37-47(36-53(40-54)71-61-17-11-8-14-55(61)56-15-9-12-18-62(56)71)44-21-23-45(24-22-44)48-35-49(42-69-41-48)46-25-29-52(30-26-46)70-65-32-27-50(67(2,3)4)38-59(65)60-39-51(68(5,6)7)28-33-66(60)70/h8-42,59,65H,1-7H3. The maximum atomic E-state index is 4.81. The molecule has 0 radical (unpaired) electrons. The second-order valence-corrected chi connectivity index (χ2v) is 22.2. The minimum absolute atomic E-state index is 0.0746. The summed E-state index contributed by atoms with van der Waals surface area (Å²) in [6, 6.07) is 68.0. The average molecular weight is 931 g/mol. The average Bonchev–Trinajstić information content (AvgIpc) is 4.03. The molecule has 8 aromatic carbocycles. The third-order valence-corrected chi connectivity index (χ3v) is 15.5. The van der Waals surface area contributed by atoms with Gasteiger partial charge in [-0.3, -0.25) is 4.98 Å². The lowest BCUT2D eigenvalue weighted by molar-refractivity contribution is 0.507. The third-order valence-electron chi connectivity index (χ3n) is 15.5. The number of para-hydroxylation sites is 3. The molecule has 0 spiro atoms. The number of benzene rings is 8. The van der Waals surface area contributed by atoms with E-state index in [2.05, 4.69) is 263 Å². The van der Waals surface area contributed by atoms with Crippen LogP contribution in [0.25, 0.3) is 88.4 Å². The van der Waals surface area contributed by atoms with Crippen LogP contribution in [0.5, 0.6) is 0 Å². The van der Waals surface area contributed by atoms with Gasteiger partial charge in [0.15, 0.2) is 0 Å². The maximum absolute atomic E-state index is 4.81. The summed E-state index contributed by atoms with van der Waals surface area (Å²) >= 11 is 0. The molecule has 1 aliphatic heterocycles. The molecule has 2 unspecified atom stereocenters. The molecule has 350 valence electrons. The summed E-state index contributed by atoms with van der Waals surface area (Å²) < 4.78 is 4.88. The van der Waals surface area contributed by atoms with Gasteiger partial charge in [0.1, 0.15) is 0 Å². The highest BCUT2D eigenvalue weighted by Crippen LogP contribution is 2.51. The van der Waals surface area contributed by atoms with Crippen LogP contribution in [0.15, 0.2) is 218 Å². The van der Waals surface area contributed by atoms with Gasteiger partial charge < -0.3 is 14.0 Å². The molecule has 4 heteroatoms. The highest BCUT2D eigenvalue weighted by Gasteiger charge is 2.40. The highest BCUT2D eigenvalue weighted by molar-refractivity contribution is 6.11. The number of nitrogens with zero attached hydrogens (tertiary/aromatic N) is 4. The second kappa shape index (κ2) is 16.4. The zero-order chi connectivity index (χ0) is 49.0. The van der Waals surface area contributed by atoms with E-state index in [0.717, 1.165) is 44.8 Å². The Morgan fingerprint density at radius 1 is 0.431 bits per heavy atom. The Morgan fingerprint density at radius 3 is 1.53 bits per heavy atom. The number of rotatable bonds is 6. The van der Waals surface area contributed by atoms with E-state index in [1.165, 1.54) is 77.2 Å². The van der Waals surface area contributed by atoms with Crippen molar-refractivity contribution >= 4 is 55.0 Å². The molecule has 0 fully saturated rings. The molecule has 2 aliphatic rings. The van der Waals surface area contributed by atoms with Gasteiger partial charge in [0.2, 0.25) is 0 Å². The summed E-state index contributed by atoms with van der Waals surface area (Å²) in [7, 11) is 0. The summed E-state index contributed by atoms with van der Waals surface area (Å²) in [4.78, 5) is 7.36. The molecule has 0 saturated carbocycles. The van der Waals surface area contributed by atoms with E-state index < -0.39 is 0 Å². The molecule has 2 atom stereocenters. The highest BCUT2D eigenvalue weighted by atomic mass is 15.2. The second-order valence-electron chi connectivity index (χ2n) is 22.2. The number of pyridine rings is 1. The van der Waals surface area contributed by atoms with Crippen molar-refractivity contribution in [3.05, 3.63) is 235 Å². The van der Waals surface area contributed by atoms with E-state index in [-0.39, 0.29) is 16.9 Å². The minimum atomic E-state index is 0.0746. The van der Waals surface area contributed by atoms with Crippen LogP contribution in [0.1, 0.15) is 64.2 Å². The number of anilines is 2. The van der Waals surface area contributed by atoms with Crippen molar-refractivity contribution in [3.8, 4) is 44.8 Å². The molecule has 72 heavy (non-hydrogen) atoms. The fourth-order valence-corrected chi connectivity index (χ4v) is 11.7. The Bertz CT molecular complexity index is 3960. The van der Waals surface area contributed by atoms with Gasteiger partial charge in [0.05, 0.1) is 28.1 Å². The number of hydrogen-bond donors (Lipinski definition) is 0. The number of aromatic nitrogens is 3. The summed E-state index contributed by atoms with van der Waals surface area (Å²) in [5.74, 6) is 0.295. The lowest BCUT2D eigenvalue weighted by atomic mass is 9.77. The number of aryl methyl sites for hydroxylation is 1. The van der Waals surface area contributed by atoms with E-state index in [9.17, 15) is 0 Å². The van der Waals surface area contributed by atoms with Gasteiger partial charge in [-0.15, -0.1) is 0 Å². The topological polar surface area (TPSA) is 26.0 Å². The Hall–Kier alpha value is -8.21. The fourth-order valence-electron chi connectivity index (χ4n) is 11.7. The quantitative estimate of drug-likeness (QED) is 0.166. The Morgan fingerprint density at radius 2 is 0.958 bits per heavy atom. The zero-order valence-electron chi connectivity index (χ0n) is 42.2. The van der Waals surface area contributed by atoms with Gasteiger partial charge in [-0.2, -0.15) is 0 Å². The first kappa shape index (κ1) is 43.8.